The van der Waals surface area contributed by atoms with Crippen molar-refractivity contribution >= 4 is 65.0 Å². The smallest absolute Gasteiger partial charge is 0.322 e. The molecule has 1 aromatic carbocycles. The number of hydrogen-bond donors (Lipinski definition) is 9. The lowest BCUT2D eigenvalue weighted by Gasteiger charge is -2.33. The molecule has 9 N–H and O–H groups in total. The molecule has 1 fully saturated rings. The van der Waals surface area contributed by atoms with Gasteiger partial charge in [-0.05, 0) is 55.4 Å². The van der Waals surface area contributed by atoms with E-state index >= 15 is 0 Å². The molecule has 1 heterocycles. The summed E-state index contributed by atoms with van der Waals surface area (Å²) in [6.45, 7) is 8.54. The van der Waals surface area contributed by atoms with Crippen LogP contribution in [0.15, 0.2) is 30.3 Å². The molecule has 7 unspecified atom stereocenters. The number of aliphatic carboxylic acids is 3. The summed E-state index contributed by atoms with van der Waals surface area (Å²) in [5, 5.41) is 41.9. The van der Waals surface area contributed by atoms with Gasteiger partial charge in [-0.15, -0.1) is 0 Å². The zero-order valence-corrected chi connectivity index (χ0v) is 36.4. The molecule has 1 aliphatic heterocycles. The number of Topliss-reactive ketones (excluding diaryl/α,β-unsaturated/α-hetero) is 1. The van der Waals surface area contributed by atoms with E-state index in [-0.39, 0.29) is 31.7 Å². The molecule has 21 nitrogen and oxygen atoms in total. The number of nitrogens with zero attached hydrogens (tertiary/aromatic N) is 1. The number of carbonyl (C=O) groups excluding carboxylic acids is 8. The monoisotopic (exact) mass is 887 g/mol. The van der Waals surface area contributed by atoms with Crippen molar-refractivity contribution in [1.29, 1.82) is 0 Å². The van der Waals surface area contributed by atoms with E-state index in [9.17, 15) is 57.8 Å². The zero-order valence-electron chi connectivity index (χ0n) is 36.4. The Balaban J connectivity index is 2.41. The van der Waals surface area contributed by atoms with Crippen LogP contribution in [-0.4, -0.2) is 135 Å². The summed E-state index contributed by atoms with van der Waals surface area (Å²) in [4.78, 5) is 142. The summed E-state index contributed by atoms with van der Waals surface area (Å²) in [5.74, 6) is -12.5. The third-order valence-corrected chi connectivity index (χ3v) is 10.3. The molecule has 63 heavy (non-hydrogen) atoms. The Hall–Kier alpha value is -6.41. The molecule has 1 aliphatic rings. The van der Waals surface area contributed by atoms with E-state index in [0.717, 1.165) is 12.5 Å². The van der Waals surface area contributed by atoms with Crippen molar-refractivity contribution in [2.75, 3.05) is 13.1 Å². The number of nitrogens with one attached hydrogen (secondary N) is 6. The molecule has 1 saturated heterocycles. The third-order valence-electron chi connectivity index (χ3n) is 10.3. The van der Waals surface area contributed by atoms with Crippen molar-refractivity contribution in [3.05, 3.63) is 35.9 Å². The maximum absolute atomic E-state index is 14.6. The standard InChI is InChI=1S/C42H61N7O14/c1-7-11-27(36(57)41(62)43-20-33(55)56)45-39(60)30-19-26(18-25-12-9-8-10-13-25)21-49(30)42(63)35(23(4)5)48-40(61)34(22(2)3)47-38(59)29(15-17-32(53)54)46-37(58)28(44-24(6)50)14-16-31(51)52/h8-10,12-13,22-23,26-30,34-35H,7,11,14-21H2,1-6H3,(H,43,62)(H,44,50)(H,45,60)(H,46,58)(H,47,59)(H,48,61)(H,51,52)(H,53,54)(H,55,56). The van der Waals surface area contributed by atoms with Crippen molar-refractivity contribution in [3.8, 4) is 0 Å². The van der Waals surface area contributed by atoms with Crippen LogP contribution < -0.4 is 31.9 Å². The lowest BCUT2D eigenvalue weighted by molar-refractivity contribution is -0.145. The van der Waals surface area contributed by atoms with Crippen LogP contribution in [0.1, 0.15) is 92.1 Å². The molecule has 0 spiro atoms. The number of carboxylic acids is 3. The minimum Gasteiger partial charge on any atom is -0.481 e. The SMILES string of the molecule is CCCC(NC(=O)C1CC(Cc2ccccc2)CN1C(=O)C(NC(=O)C(NC(=O)C(CCC(=O)O)NC(=O)C(CCC(=O)O)NC(C)=O)C(C)C)C(C)C)C(=O)C(=O)NCC(=O)O. The first-order valence-electron chi connectivity index (χ1n) is 20.9. The minimum atomic E-state index is -1.55. The molecule has 0 aliphatic carbocycles. The van der Waals surface area contributed by atoms with Gasteiger partial charge in [0.2, 0.25) is 41.2 Å². The Morgan fingerprint density at radius 3 is 1.71 bits per heavy atom. The molecule has 2 rings (SSSR count). The average molecular weight is 888 g/mol. The molecule has 0 saturated carbocycles. The van der Waals surface area contributed by atoms with Gasteiger partial charge in [-0.1, -0.05) is 71.4 Å². The van der Waals surface area contributed by atoms with Crippen LogP contribution >= 0.6 is 0 Å². The number of amides is 7. The predicted molar refractivity (Wildman–Crippen MR) is 223 cm³/mol. The van der Waals surface area contributed by atoms with Gasteiger partial charge in [0.15, 0.2) is 0 Å². The molecule has 21 heteroatoms. The molecular formula is C42H61N7O14. The maximum Gasteiger partial charge on any atom is 0.322 e. The molecule has 1 aromatic rings. The second-order valence-electron chi connectivity index (χ2n) is 16.2. The normalized spacial score (nSPS) is 17.0. The van der Waals surface area contributed by atoms with E-state index in [1.54, 1.807) is 34.6 Å². The van der Waals surface area contributed by atoms with E-state index in [1.807, 2.05) is 35.6 Å². The number of rotatable bonds is 26. The van der Waals surface area contributed by atoms with Gasteiger partial charge in [0.05, 0.1) is 6.04 Å². The predicted octanol–water partition coefficient (Wildman–Crippen LogP) is -0.498. The number of carbonyl (C=O) groups is 11. The molecule has 0 aromatic heterocycles. The fourth-order valence-corrected chi connectivity index (χ4v) is 7.05. The summed E-state index contributed by atoms with van der Waals surface area (Å²) < 4.78 is 0. The fraction of sp³-hybridized carbons (Fsp3) is 0.595. The highest BCUT2D eigenvalue weighted by molar-refractivity contribution is 6.38. The zero-order chi connectivity index (χ0) is 47.6. The average Bonchev–Trinajstić information content (AvgIpc) is 3.63. The molecule has 7 amide bonds. The van der Waals surface area contributed by atoms with E-state index in [0.29, 0.717) is 12.8 Å². The fourth-order valence-electron chi connectivity index (χ4n) is 7.05. The van der Waals surface area contributed by atoms with Crippen molar-refractivity contribution in [2.24, 2.45) is 17.8 Å². The Bertz CT molecular complexity index is 1840. The van der Waals surface area contributed by atoms with Crippen molar-refractivity contribution in [1.82, 2.24) is 36.8 Å². The van der Waals surface area contributed by atoms with Gasteiger partial charge in [0.1, 0.15) is 36.8 Å². The highest BCUT2D eigenvalue weighted by atomic mass is 16.4. The number of hydrogen-bond acceptors (Lipinski definition) is 11. The van der Waals surface area contributed by atoms with Gasteiger partial charge in [-0.3, -0.25) is 52.7 Å². The number of ketones is 1. The number of likely N-dealkylation sites (tertiary alicyclic amines) is 1. The molecule has 0 bridgehead atoms. The highest BCUT2D eigenvalue weighted by Crippen LogP contribution is 2.29. The minimum absolute atomic E-state index is 0.0353. The van der Waals surface area contributed by atoms with Gasteiger partial charge < -0.3 is 52.1 Å². The highest BCUT2D eigenvalue weighted by Gasteiger charge is 2.44. The van der Waals surface area contributed by atoms with E-state index < -0.39 is 139 Å². The Kier molecular flexibility index (Phi) is 21.3. The first-order chi connectivity index (χ1) is 29.5. The Morgan fingerprint density at radius 1 is 0.667 bits per heavy atom. The second-order valence-corrected chi connectivity index (χ2v) is 16.2. The van der Waals surface area contributed by atoms with Crippen molar-refractivity contribution < 1.29 is 68.1 Å². The molecule has 0 radical (unpaired) electrons. The van der Waals surface area contributed by atoms with Crippen LogP contribution in [0.5, 0.6) is 0 Å². The number of carboxylic acid groups (broad SMARTS) is 3. The van der Waals surface area contributed by atoms with E-state index in [2.05, 4.69) is 26.6 Å². The summed E-state index contributed by atoms with van der Waals surface area (Å²) in [6, 6.07) is 1.25. The van der Waals surface area contributed by atoms with Gasteiger partial charge in [-0.25, -0.2) is 0 Å². The summed E-state index contributed by atoms with van der Waals surface area (Å²) >= 11 is 0. The second kappa shape index (κ2) is 25.5. The quantitative estimate of drug-likeness (QED) is 0.0530. The summed E-state index contributed by atoms with van der Waals surface area (Å²) in [7, 11) is 0. The lowest BCUT2D eigenvalue weighted by Crippen LogP contribution is -2.61. The molecular weight excluding hydrogens is 826 g/mol. The Labute approximate surface area is 365 Å². The maximum atomic E-state index is 14.6. The summed E-state index contributed by atoms with van der Waals surface area (Å²) in [5.41, 5.74) is 0.929. The first-order valence-corrected chi connectivity index (χ1v) is 20.9. The molecule has 7 atom stereocenters. The number of benzene rings is 1. The molecule has 348 valence electrons. The van der Waals surface area contributed by atoms with Crippen molar-refractivity contribution in [2.45, 2.75) is 129 Å². The summed E-state index contributed by atoms with van der Waals surface area (Å²) in [6.07, 6.45) is -0.886. The van der Waals surface area contributed by atoms with Crippen LogP contribution in [0.4, 0.5) is 0 Å². The largest absolute Gasteiger partial charge is 0.481 e. The van der Waals surface area contributed by atoms with E-state index in [4.69, 9.17) is 10.2 Å². The van der Waals surface area contributed by atoms with Gasteiger partial charge in [0, 0.05) is 26.3 Å². The topological polar surface area (TPSA) is 324 Å². The van der Waals surface area contributed by atoms with E-state index in [1.165, 1.54) is 4.90 Å². The third kappa shape index (κ3) is 17.5. The van der Waals surface area contributed by atoms with Crippen molar-refractivity contribution in [3.63, 3.8) is 0 Å². The van der Waals surface area contributed by atoms with Crippen LogP contribution in [0.3, 0.4) is 0 Å². The Morgan fingerprint density at radius 2 is 1.21 bits per heavy atom. The lowest BCUT2D eigenvalue weighted by atomic mass is 9.96. The van der Waals surface area contributed by atoms with Gasteiger partial charge in [-0.2, -0.15) is 0 Å². The van der Waals surface area contributed by atoms with Crippen LogP contribution in [0.25, 0.3) is 0 Å². The first kappa shape index (κ1) is 52.7. The van der Waals surface area contributed by atoms with Crippen LogP contribution in [0, 0.1) is 17.8 Å². The van der Waals surface area contributed by atoms with Crippen LogP contribution in [-0.2, 0) is 59.2 Å². The van der Waals surface area contributed by atoms with Gasteiger partial charge in [0.25, 0.3) is 5.91 Å². The van der Waals surface area contributed by atoms with Gasteiger partial charge >= 0.3 is 17.9 Å². The van der Waals surface area contributed by atoms with Crippen LogP contribution in [0.2, 0.25) is 0 Å².